The van der Waals surface area contributed by atoms with Crippen LogP contribution in [-0.4, -0.2) is 30.7 Å². The minimum absolute atomic E-state index is 0.443. The van der Waals surface area contributed by atoms with Crippen LogP contribution in [0.2, 0.25) is 0 Å². The molecule has 0 aromatic rings. The molecule has 14 heavy (non-hydrogen) atoms. The van der Waals surface area contributed by atoms with Gasteiger partial charge in [0.25, 0.3) is 0 Å². The summed E-state index contributed by atoms with van der Waals surface area (Å²) >= 11 is 0. The van der Waals surface area contributed by atoms with Crippen molar-refractivity contribution < 1.29 is 4.39 Å². The van der Waals surface area contributed by atoms with Gasteiger partial charge in [0.2, 0.25) is 0 Å². The van der Waals surface area contributed by atoms with E-state index >= 15 is 0 Å². The number of halogens is 1. The van der Waals surface area contributed by atoms with Crippen molar-refractivity contribution in [2.45, 2.75) is 52.6 Å². The summed E-state index contributed by atoms with van der Waals surface area (Å²) in [5.74, 6) is 0. The molecule has 2 heteroatoms. The first-order valence-electron chi connectivity index (χ1n) is 5.84. The number of alkyl halides is 1. The molecular weight excluding hydrogens is 177 g/mol. The van der Waals surface area contributed by atoms with Crippen LogP contribution in [-0.2, 0) is 0 Å². The predicted octanol–water partition coefficient (Wildman–Crippen LogP) is 3.25. The topological polar surface area (TPSA) is 3.24 Å². The zero-order chi connectivity index (χ0) is 10.6. The van der Waals surface area contributed by atoms with Crippen LogP contribution in [0.4, 0.5) is 4.39 Å². The SMILES string of the molecule is CC(C)(C)CCCN1CCC(F)CC1. The summed E-state index contributed by atoms with van der Waals surface area (Å²) < 4.78 is 12.8. The molecule has 1 nitrogen and oxygen atoms in total. The first-order chi connectivity index (χ1) is 6.47. The second-order valence-corrected chi connectivity index (χ2v) is 5.68. The molecule has 1 aliphatic rings. The van der Waals surface area contributed by atoms with Crippen LogP contribution in [0.5, 0.6) is 0 Å². The maximum absolute atomic E-state index is 12.8. The molecule has 84 valence electrons. The molecule has 0 aromatic carbocycles. The fraction of sp³-hybridized carbons (Fsp3) is 1.00. The molecule has 0 aromatic heterocycles. The summed E-state index contributed by atoms with van der Waals surface area (Å²) in [6, 6.07) is 0. The summed E-state index contributed by atoms with van der Waals surface area (Å²) in [6.45, 7) is 9.92. The molecule has 0 amide bonds. The molecule has 1 aliphatic heterocycles. The van der Waals surface area contributed by atoms with Gasteiger partial charge in [0.1, 0.15) is 6.17 Å². The fourth-order valence-electron chi connectivity index (χ4n) is 1.96. The van der Waals surface area contributed by atoms with Crippen LogP contribution in [0.1, 0.15) is 46.5 Å². The lowest BCUT2D eigenvalue weighted by atomic mass is 9.90. The van der Waals surface area contributed by atoms with Gasteiger partial charge in [-0.05, 0) is 37.6 Å². The summed E-state index contributed by atoms with van der Waals surface area (Å²) in [7, 11) is 0. The molecule has 0 aliphatic carbocycles. The average molecular weight is 201 g/mol. The quantitative estimate of drug-likeness (QED) is 0.677. The molecule has 0 radical (unpaired) electrons. The Morgan fingerprint density at radius 1 is 1.21 bits per heavy atom. The molecule has 1 fully saturated rings. The highest BCUT2D eigenvalue weighted by molar-refractivity contribution is 4.72. The van der Waals surface area contributed by atoms with E-state index < -0.39 is 6.17 Å². The standard InChI is InChI=1S/C12H24FN/c1-12(2,3)7-4-8-14-9-5-11(13)6-10-14/h11H,4-10H2,1-3H3. The highest BCUT2D eigenvalue weighted by Crippen LogP contribution is 2.21. The van der Waals surface area contributed by atoms with E-state index in [9.17, 15) is 4.39 Å². The molecule has 0 saturated carbocycles. The summed E-state index contributed by atoms with van der Waals surface area (Å²) in [4.78, 5) is 2.40. The number of rotatable bonds is 3. The Balaban J connectivity index is 2.08. The Bertz CT molecular complexity index is 154. The van der Waals surface area contributed by atoms with Gasteiger partial charge in [0, 0.05) is 13.1 Å². The Kier molecular flexibility index (Phi) is 4.36. The largest absolute Gasteiger partial charge is 0.303 e. The van der Waals surface area contributed by atoms with E-state index in [1.807, 2.05) is 0 Å². The lowest BCUT2D eigenvalue weighted by molar-refractivity contribution is 0.145. The minimum atomic E-state index is -0.533. The number of likely N-dealkylation sites (tertiary alicyclic amines) is 1. The minimum Gasteiger partial charge on any atom is -0.303 e. The first-order valence-corrected chi connectivity index (χ1v) is 5.84. The summed E-state index contributed by atoms with van der Waals surface area (Å²) in [6.07, 6.45) is 3.47. The zero-order valence-electron chi connectivity index (χ0n) is 9.85. The molecule has 0 atom stereocenters. The highest BCUT2D eigenvalue weighted by Gasteiger charge is 2.18. The first kappa shape index (κ1) is 12.0. The fourth-order valence-corrected chi connectivity index (χ4v) is 1.96. The van der Waals surface area contributed by atoms with Crippen LogP contribution in [0.25, 0.3) is 0 Å². The molecule has 0 spiro atoms. The van der Waals surface area contributed by atoms with Gasteiger partial charge in [-0.1, -0.05) is 20.8 Å². The lowest BCUT2D eigenvalue weighted by Gasteiger charge is -2.29. The third-order valence-electron chi connectivity index (χ3n) is 2.92. The predicted molar refractivity (Wildman–Crippen MR) is 59.3 cm³/mol. The molecule has 0 unspecified atom stereocenters. The Labute approximate surface area is 87.7 Å². The van der Waals surface area contributed by atoms with E-state index in [4.69, 9.17) is 0 Å². The smallest absolute Gasteiger partial charge is 0.103 e. The van der Waals surface area contributed by atoms with Crippen molar-refractivity contribution in [3.63, 3.8) is 0 Å². The van der Waals surface area contributed by atoms with Gasteiger partial charge in [-0.15, -0.1) is 0 Å². The molecule has 1 rings (SSSR count). The van der Waals surface area contributed by atoms with Crippen LogP contribution in [0, 0.1) is 5.41 Å². The molecule has 0 N–H and O–H groups in total. The van der Waals surface area contributed by atoms with Gasteiger partial charge in [-0.3, -0.25) is 0 Å². The lowest BCUT2D eigenvalue weighted by Crippen LogP contribution is -2.35. The van der Waals surface area contributed by atoms with Crippen LogP contribution in [0.3, 0.4) is 0 Å². The molecule has 0 bridgehead atoms. The third-order valence-corrected chi connectivity index (χ3v) is 2.92. The van der Waals surface area contributed by atoms with Gasteiger partial charge in [-0.2, -0.15) is 0 Å². The van der Waals surface area contributed by atoms with Crippen molar-refractivity contribution in [2.75, 3.05) is 19.6 Å². The van der Waals surface area contributed by atoms with Crippen LogP contribution in [0.15, 0.2) is 0 Å². The van der Waals surface area contributed by atoms with Gasteiger partial charge in [-0.25, -0.2) is 4.39 Å². The van der Waals surface area contributed by atoms with E-state index in [2.05, 4.69) is 25.7 Å². The van der Waals surface area contributed by atoms with Crippen LogP contribution < -0.4 is 0 Å². The van der Waals surface area contributed by atoms with Gasteiger partial charge >= 0.3 is 0 Å². The van der Waals surface area contributed by atoms with Gasteiger partial charge < -0.3 is 4.90 Å². The van der Waals surface area contributed by atoms with Crippen LogP contribution >= 0.6 is 0 Å². The second-order valence-electron chi connectivity index (χ2n) is 5.68. The van der Waals surface area contributed by atoms with Crippen molar-refractivity contribution in [3.05, 3.63) is 0 Å². The van der Waals surface area contributed by atoms with E-state index in [0.717, 1.165) is 32.5 Å². The van der Waals surface area contributed by atoms with Gasteiger partial charge in [0.05, 0.1) is 0 Å². The van der Waals surface area contributed by atoms with E-state index in [-0.39, 0.29) is 0 Å². The van der Waals surface area contributed by atoms with Crippen molar-refractivity contribution in [2.24, 2.45) is 5.41 Å². The maximum Gasteiger partial charge on any atom is 0.103 e. The molecule has 1 heterocycles. The highest BCUT2D eigenvalue weighted by atomic mass is 19.1. The van der Waals surface area contributed by atoms with Crippen molar-refractivity contribution in [1.82, 2.24) is 4.90 Å². The van der Waals surface area contributed by atoms with Crippen molar-refractivity contribution >= 4 is 0 Å². The Hall–Kier alpha value is -0.110. The number of piperidine rings is 1. The molecular formula is C12H24FN. The Morgan fingerprint density at radius 3 is 2.29 bits per heavy atom. The summed E-state index contributed by atoms with van der Waals surface area (Å²) in [5, 5.41) is 0. The Morgan fingerprint density at radius 2 is 1.79 bits per heavy atom. The third kappa shape index (κ3) is 4.94. The maximum atomic E-state index is 12.8. The van der Waals surface area contributed by atoms with Crippen molar-refractivity contribution in [3.8, 4) is 0 Å². The second kappa shape index (κ2) is 5.11. The van der Waals surface area contributed by atoms with Gasteiger partial charge in [0.15, 0.2) is 0 Å². The van der Waals surface area contributed by atoms with E-state index in [1.54, 1.807) is 0 Å². The molecule has 1 saturated heterocycles. The van der Waals surface area contributed by atoms with E-state index in [0.29, 0.717) is 5.41 Å². The normalized spacial score (nSPS) is 21.4. The average Bonchev–Trinajstić information content (AvgIpc) is 2.06. The summed E-state index contributed by atoms with van der Waals surface area (Å²) in [5.41, 5.74) is 0.443. The number of nitrogens with zero attached hydrogens (tertiary/aromatic N) is 1. The van der Waals surface area contributed by atoms with Crippen molar-refractivity contribution in [1.29, 1.82) is 0 Å². The van der Waals surface area contributed by atoms with E-state index in [1.165, 1.54) is 12.8 Å². The zero-order valence-corrected chi connectivity index (χ0v) is 9.85. The number of hydrogen-bond acceptors (Lipinski definition) is 1. The monoisotopic (exact) mass is 201 g/mol. The number of hydrogen-bond donors (Lipinski definition) is 0.